The molecule has 0 saturated carbocycles. The Labute approximate surface area is 127 Å². The summed E-state index contributed by atoms with van der Waals surface area (Å²) < 4.78 is 0. The van der Waals surface area contributed by atoms with Crippen molar-refractivity contribution < 1.29 is 0 Å². The predicted molar refractivity (Wildman–Crippen MR) is 88.3 cm³/mol. The summed E-state index contributed by atoms with van der Waals surface area (Å²) in [5.74, 6) is 2.65. The van der Waals surface area contributed by atoms with Crippen LogP contribution in [0.4, 0.5) is 0 Å². The van der Waals surface area contributed by atoms with Crippen LogP contribution in [0, 0.1) is 0 Å². The lowest BCUT2D eigenvalue weighted by Crippen LogP contribution is -2.40. The lowest BCUT2D eigenvalue weighted by Gasteiger charge is -2.31. The van der Waals surface area contributed by atoms with E-state index in [1.807, 2.05) is 0 Å². The summed E-state index contributed by atoms with van der Waals surface area (Å²) in [6.07, 6.45) is 5.46. The zero-order chi connectivity index (χ0) is 13.6. The highest BCUT2D eigenvalue weighted by atomic mass is 32.2. The molecule has 3 rings (SSSR count). The number of rotatable bonds is 5. The molecule has 0 aliphatic carbocycles. The Bertz CT molecular complexity index is 383. The maximum atomic E-state index is 3.83. The molecule has 110 valence electrons. The Hall–Kier alpha value is -0.510. The van der Waals surface area contributed by atoms with Crippen molar-refractivity contribution in [1.82, 2.24) is 10.2 Å². The molecule has 0 spiro atoms. The lowest BCUT2D eigenvalue weighted by molar-refractivity contribution is 0.232. The Kier molecular flexibility index (Phi) is 5.40. The van der Waals surface area contributed by atoms with Gasteiger partial charge in [-0.1, -0.05) is 30.3 Å². The van der Waals surface area contributed by atoms with E-state index in [1.54, 1.807) is 0 Å². The molecular formula is C17H26N2S. The molecule has 0 amide bonds. The Morgan fingerprint density at radius 1 is 1.15 bits per heavy atom. The predicted octanol–water partition coefficient (Wildman–Crippen LogP) is 3.31. The number of thioether (sulfide) groups is 1. The van der Waals surface area contributed by atoms with Gasteiger partial charge in [-0.3, -0.25) is 4.90 Å². The van der Waals surface area contributed by atoms with Crippen molar-refractivity contribution in [2.24, 2.45) is 0 Å². The fourth-order valence-electron chi connectivity index (χ4n) is 3.37. The minimum Gasteiger partial charge on any atom is -0.311 e. The Morgan fingerprint density at radius 2 is 1.95 bits per heavy atom. The van der Waals surface area contributed by atoms with Gasteiger partial charge in [-0.15, -0.1) is 0 Å². The van der Waals surface area contributed by atoms with E-state index < -0.39 is 0 Å². The van der Waals surface area contributed by atoms with Crippen LogP contribution in [0.15, 0.2) is 30.3 Å². The van der Waals surface area contributed by atoms with Gasteiger partial charge in [0.1, 0.15) is 0 Å². The Balaban J connectivity index is 1.62. The number of nitrogens with zero attached hydrogens (tertiary/aromatic N) is 1. The van der Waals surface area contributed by atoms with E-state index in [9.17, 15) is 0 Å². The third-order valence-electron chi connectivity index (χ3n) is 4.53. The summed E-state index contributed by atoms with van der Waals surface area (Å²) in [4.78, 5) is 2.66. The zero-order valence-electron chi connectivity index (χ0n) is 12.3. The van der Waals surface area contributed by atoms with Crippen LogP contribution in [0.1, 0.15) is 37.3 Å². The normalized spacial score (nSPS) is 25.7. The molecule has 0 aromatic heterocycles. The number of likely N-dealkylation sites (tertiary alicyclic amines) is 1. The summed E-state index contributed by atoms with van der Waals surface area (Å²) >= 11 is 2.11. The van der Waals surface area contributed by atoms with Crippen LogP contribution >= 0.6 is 11.8 Å². The van der Waals surface area contributed by atoms with Crippen LogP contribution in [-0.4, -0.2) is 42.1 Å². The monoisotopic (exact) mass is 290 g/mol. The van der Waals surface area contributed by atoms with Gasteiger partial charge in [-0.2, -0.15) is 11.8 Å². The van der Waals surface area contributed by atoms with Crippen LogP contribution in [0.25, 0.3) is 0 Å². The second kappa shape index (κ2) is 7.48. The fourth-order valence-corrected chi connectivity index (χ4v) is 4.47. The molecule has 1 aromatic rings. The molecule has 2 aliphatic rings. The van der Waals surface area contributed by atoms with E-state index in [0.717, 1.165) is 12.6 Å². The van der Waals surface area contributed by atoms with Gasteiger partial charge in [0.05, 0.1) is 0 Å². The van der Waals surface area contributed by atoms with E-state index in [4.69, 9.17) is 0 Å². The second-order valence-corrected chi connectivity index (χ2v) is 7.14. The molecule has 20 heavy (non-hydrogen) atoms. The first-order valence-electron chi connectivity index (χ1n) is 8.03. The highest BCUT2D eigenvalue weighted by molar-refractivity contribution is 7.99. The summed E-state index contributed by atoms with van der Waals surface area (Å²) in [5.41, 5.74) is 1.48. The SMILES string of the molecule is c1ccc(C(CNC2CCCSC2)N2CCCC2)cc1. The van der Waals surface area contributed by atoms with Crippen LogP contribution in [0.3, 0.4) is 0 Å². The number of hydrogen-bond donors (Lipinski definition) is 1. The average molecular weight is 290 g/mol. The number of hydrogen-bond acceptors (Lipinski definition) is 3. The zero-order valence-corrected chi connectivity index (χ0v) is 13.1. The van der Waals surface area contributed by atoms with Gasteiger partial charge in [-0.05, 0) is 50.1 Å². The third-order valence-corrected chi connectivity index (χ3v) is 5.74. The molecular weight excluding hydrogens is 264 g/mol. The topological polar surface area (TPSA) is 15.3 Å². The highest BCUT2D eigenvalue weighted by Crippen LogP contribution is 2.25. The first kappa shape index (κ1) is 14.4. The van der Waals surface area contributed by atoms with Crippen molar-refractivity contribution in [2.75, 3.05) is 31.1 Å². The molecule has 0 radical (unpaired) electrons. The van der Waals surface area contributed by atoms with Gasteiger partial charge >= 0.3 is 0 Å². The van der Waals surface area contributed by atoms with Gasteiger partial charge in [0.25, 0.3) is 0 Å². The first-order valence-corrected chi connectivity index (χ1v) is 9.19. The van der Waals surface area contributed by atoms with Crippen LogP contribution in [0.2, 0.25) is 0 Å². The molecule has 3 heteroatoms. The van der Waals surface area contributed by atoms with Crippen molar-refractivity contribution in [3.63, 3.8) is 0 Å². The Morgan fingerprint density at radius 3 is 2.65 bits per heavy atom. The van der Waals surface area contributed by atoms with Gasteiger partial charge in [-0.25, -0.2) is 0 Å². The maximum absolute atomic E-state index is 3.83. The van der Waals surface area contributed by atoms with Crippen molar-refractivity contribution in [3.05, 3.63) is 35.9 Å². The summed E-state index contributed by atoms with van der Waals surface area (Å²) in [6.45, 7) is 3.64. The van der Waals surface area contributed by atoms with Crippen molar-refractivity contribution in [2.45, 2.75) is 37.8 Å². The molecule has 1 N–H and O–H groups in total. The molecule has 0 bridgehead atoms. The molecule has 2 fully saturated rings. The van der Waals surface area contributed by atoms with Crippen LogP contribution in [-0.2, 0) is 0 Å². The van der Waals surface area contributed by atoms with Crippen molar-refractivity contribution in [1.29, 1.82) is 0 Å². The molecule has 2 saturated heterocycles. The number of nitrogens with one attached hydrogen (secondary N) is 1. The largest absolute Gasteiger partial charge is 0.311 e. The molecule has 2 unspecified atom stereocenters. The average Bonchev–Trinajstić information content (AvgIpc) is 3.04. The van der Waals surface area contributed by atoms with Gasteiger partial charge < -0.3 is 5.32 Å². The van der Waals surface area contributed by atoms with E-state index >= 15 is 0 Å². The fraction of sp³-hybridized carbons (Fsp3) is 0.647. The highest BCUT2D eigenvalue weighted by Gasteiger charge is 2.24. The van der Waals surface area contributed by atoms with Gasteiger partial charge in [0.2, 0.25) is 0 Å². The van der Waals surface area contributed by atoms with E-state index in [0.29, 0.717) is 6.04 Å². The minimum atomic E-state index is 0.561. The first-order chi connectivity index (χ1) is 9.93. The summed E-state index contributed by atoms with van der Waals surface area (Å²) in [7, 11) is 0. The van der Waals surface area contributed by atoms with Crippen molar-refractivity contribution >= 4 is 11.8 Å². The third kappa shape index (κ3) is 3.78. The molecule has 1 aromatic carbocycles. The van der Waals surface area contributed by atoms with Gasteiger partial charge in [0.15, 0.2) is 0 Å². The summed E-state index contributed by atoms with van der Waals surface area (Å²) in [5, 5.41) is 3.83. The standard InChI is InChI=1S/C17H26N2S/c1-2-7-15(8-3-1)17(19-10-4-5-11-19)13-18-16-9-6-12-20-14-16/h1-3,7-8,16-18H,4-6,9-14H2. The molecule has 2 nitrogen and oxygen atoms in total. The van der Waals surface area contributed by atoms with E-state index in [-0.39, 0.29) is 0 Å². The second-order valence-electron chi connectivity index (χ2n) is 5.99. The molecule has 2 aliphatic heterocycles. The lowest BCUT2D eigenvalue weighted by atomic mass is 10.0. The molecule has 2 heterocycles. The summed E-state index contributed by atoms with van der Waals surface area (Å²) in [6, 6.07) is 12.3. The molecule has 2 atom stereocenters. The van der Waals surface area contributed by atoms with E-state index in [1.165, 1.54) is 55.8 Å². The maximum Gasteiger partial charge on any atom is 0.0472 e. The quantitative estimate of drug-likeness (QED) is 0.895. The van der Waals surface area contributed by atoms with Crippen LogP contribution < -0.4 is 5.32 Å². The number of benzene rings is 1. The minimum absolute atomic E-state index is 0.561. The van der Waals surface area contributed by atoms with E-state index in [2.05, 4.69) is 52.3 Å². The van der Waals surface area contributed by atoms with Crippen LogP contribution in [0.5, 0.6) is 0 Å². The van der Waals surface area contributed by atoms with Gasteiger partial charge in [0, 0.05) is 24.4 Å². The smallest absolute Gasteiger partial charge is 0.0472 e. The van der Waals surface area contributed by atoms with Crippen molar-refractivity contribution in [3.8, 4) is 0 Å².